The van der Waals surface area contributed by atoms with Gasteiger partial charge in [0.2, 0.25) is 11.8 Å². The van der Waals surface area contributed by atoms with Crippen LogP contribution in [0.2, 0.25) is 0 Å². The van der Waals surface area contributed by atoms with Gasteiger partial charge in [0.1, 0.15) is 13.2 Å². The third-order valence-corrected chi connectivity index (χ3v) is 7.53. The molecule has 0 aliphatic carbocycles. The van der Waals surface area contributed by atoms with Crippen molar-refractivity contribution in [2.75, 3.05) is 25.6 Å². The Labute approximate surface area is 223 Å². The molecule has 3 amide bonds. The third kappa shape index (κ3) is 8.31. The molecule has 0 saturated carbocycles. The summed E-state index contributed by atoms with van der Waals surface area (Å²) in [6.45, 7) is 6.52. The zero-order valence-corrected chi connectivity index (χ0v) is 22.6. The van der Waals surface area contributed by atoms with Crippen molar-refractivity contribution in [1.82, 2.24) is 15.1 Å². The van der Waals surface area contributed by atoms with Crippen LogP contribution in [0.1, 0.15) is 37.0 Å². The smallest absolute Gasteiger partial charge is 0.254 e. The molecule has 3 atom stereocenters. The first kappa shape index (κ1) is 28.7. The van der Waals surface area contributed by atoms with Crippen LogP contribution in [0.4, 0.5) is 0 Å². The average Bonchev–Trinajstić information content (AvgIpc) is 3.03. The number of rotatable bonds is 11. The Morgan fingerprint density at radius 1 is 1.16 bits per heavy atom. The Hall–Kier alpha value is -2.88. The van der Waals surface area contributed by atoms with Crippen molar-refractivity contribution in [3.05, 3.63) is 71.3 Å². The fraction of sp³-hybridized carbons (Fsp3) is 0.464. The van der Waals surface area contributed by atoms with E-state index in [-0.39, 0.29) is 36.7 Å². The standard InChI is InChI=1S/C28H37N3O5S/c1-4-14-36-18-25(32)29-24(15-22-11-6-5-7-12-22)27(34)28(35)30-17-26(33)31(21(3)37-19-30)16-23-13-9-8-10-20(23)2/h5-13,21,24,27,34H,4,14-19H2,1-3H3,(H,29,32)/t21?,24-,27-/m0/s1. The molecule has 1 fully saturated rings. The van der Waals surface area contributed by atoms with E-state index in [1.807, 2.05) is 75.4 Å². The number of aryl methyl sites for hydroxylation is 1. The predicted octanol–water partition coefficient (Wildman–Crippen LogP) is 2.72. The maximum absolute atomic E-state index is 13.4. The number of benzene rings is 2. The van der Waals surface area contributed by atoms with E-state index in [1.165, 1.54) is 16.7 Å². The molecule has 8 nitrogen and oxygen atoms in total. The highest BCUT2D eigenvalue weighted by Crippen LogP contribution is 2.25. The van der Waals surface area contributed by atoms with E-state index < -0.39 is 24.0 Å². The molecule has 37 heavy (non-hydrogen) atoms. The first-order valence-corrected chi connectivity index (χ1v) is 13.7. The number of carbonyl (C=O) groups excluding carboxylic acids is 3. The number of thioether (sulfide) groups is 1. The van der Waals surface area contributed by atoms with Crippen LogP contribution in [0.15, 0.2) is 54.6 Å². The second kappa shape index (κ2) is 14.2. The molecule has 200 valence electrons. The summed E-state index contributed by atoms with van der Waals surface area (Å²) in [6, 6.07) is 16.4. The Balaban J connectivity index is 1.71. The normalized spacial score (nSPS) is 17.7. The van der Waals surface area contributed by atoms with Crippen molar-refractivity contribution >= 4 is 29.5 Å². The van der Waals surface area contributed by atoms with E-state index in [9.17, 15) is 19.5 Å². The molecular formula is C28H37N3O5S. The summed E-state index contributed by atoms with van der Waals surface area (Å²) in [5.41, 5.74) is 3.02. The van der Waals surface area contributed by atoms with Gasteiger partial charge in [0.05, 0.1) is 17.3 Å². The molecule has 9 heteroatoms. The fourth-order valence-electron chi connectivity index (χ4n) is 4.15. The summed E-state index contributed by atoms with van der Waals surface area (Å²) in [7, 11) is 0. The molecular weight excluding hydrogens is 490 g/mol. The lowest BCUT2D eigenvalue weighted by atomic mass is 10.00. The van der Waals surface area contributed by atoms with Gasteiger partial charge >= 0.3 is 0 Å². The second-order valence-corrected chi connectivity index (χ2v) is 10.5. The van der Waals surface area contributed by atoms with Crippen molar-refractivity contribution in [3.8, 4) is 0 Å². The van der Waals surface area contributed by atoms with Gasteiger partial charge in [-0.3, -0.25) is 14.4 Å². The van der Waals surface area contributed by atoms with E-state index in [0.717, 1.165) is 23.1 Å². The fourth-order valence-corrected chi connectivity index (χ4v) is 5.13. The number of aliphatic hydroxyl groups excluding tert-OH is 1. The molecule has 2 N–H and O–H groups in total. The number of hydrogen-bond donors (Lipinski definition) is 2. The summed E-state index contributed by atoms with van der Waals surface area (Å²) in [6.07, 6.45) is -0.471. The van der Waals surface area contributed by atoms with Crippen LogP contribution in [-0.4, -0.2) is 75.8 Å². The summed E-state index contributed by atoms with van der Waals surface area (Å²) in [5.74, 6) is -0.904. The van der Waals surface area contributed by atoms with Gasteiger partial charge in [0.15, 0.2) is 6.10 Å². The largest absolute Gasteiger partial charge is 0.381 e. The van der Waals surface area contributed by atoms with Gasteiger partial charge in [-0.2, -0.15) is 0 Å². The highest BCUT2D eigenvalue weighted by atomic mass is 32.2. The molecule has 0 aromatic heterocycles. The Bertz CT molecular complexity index is 1050. The van der Waals surface area contributed by atoms with E-state index in [4.69, 9.17) is 4.74 Å². The molecule has 0 radical (unpaired) electrons. The lowest BCUT2D eigenvalue weighted by Gasteiger charge is -2.28. The van der Waals surface area contributed by atoms with Crippen LogP contribution >= 0.6 is 11.8 Å². The number of hydrogen-bond acceptors (Lipinski definition) is 6. The molecule has 1 unspecified atom stereocenters. The Kier molecular flexibility index (Phi) is 11.0. The Morgan fingerprint density at radius 2 is 1.86 bits per heavy atom. The van der Waals surface area contributed by atoms with Crippen molar-refractivity contribution in [2.45, 2.75) is 57.7 Å². The maximum Gasteiger partial charge on any atom is 0.254 e. The maximum atomic E-state index is 13.4. The topological polar surface area (TPSA) is 99.2 Å². The number of ether oxygens (including phenoxy) is 1. The van der Waals surface area contributed by atoms with Crippen molar-refractivity contribution in [1.29, 1.82) is 0 Å². The first-order valence-electron chi connectivity index (χ1n) is 12.6. The number of nitrogens with zero attached hydrogens (tertiary/aromatic N) is 2. The molecule has 1 heterocycles. The number of amides is 3. The molecule has 2 aromatic carbocycles. The van der Waals surface area contributed by atoms with Gasteiger partial charge in [-0.15, -0.1) is 11.8 Å². The minimum atomic E-state index is -1.51. The zero-order chi connectivity index (χ0) is 26.8. The van der Waals surface area contributed by atoms with Gasteiger partial charge in [0.25, 0.3) is 5.91 Å². The summed E-state index contributed by atoms with van der Waals surface area (Å²) < 4.78 is 5.32. The van der Waals surface area contributed by atoms with Gasteiger partial charge < -0.3 is 25.0 Å². The predicted molar refractivity (Wildman–Crippen MR) is 145 cm³/mol. The first-order chi connectivity index (χ1) is 17.8. The number of nitrogens with one attached hydrogen (secondary N) is 1. The average molecular weight is 528 g/mol. The van der Waals surface area contributed by atoms with E-state index in [1.54, 1.807) is 4.90 Å². The molecule has 1 aliphatic rings. The molecule has 0 spiro atoms. The second-order valence-electron chi connectivity index (χ2n) is 9.24. The number of aliphatic hydroxyl groups is 1. The van der Waals surface area contributed by atoms with Crippen LogP contribution in [-0.2, 0) is 32.1 Å². The minimum Gasteiger partial charge on any atom is -0.381 e. The van der Waals surface area contributed by atoms with E-state index >= 15 is 0 Å². The van der Waals surface area contributed by atoms with Crippen molar-refractivity contribution in [3.63, 3.8) is 0 Å². The molecule has 2 aromatic rings. The van der Waals surface area contributed by atoms with E-state index in [2.05, 4.69) is 5.32 Å². The molecule has 1 saturated heterocycles. The molecule has 0 bridgehead atoms. The summed E-state index contributed by atoms with van der Waals surface area (Å²) in [5, 5.41) is 13.7. The highest BCUT2D eigenvalue weighted by Gasteiger charge is 2.36. The van der Waals surface area contributed by atoms with Gasteiger partial charge in [0, 0.05) is 13.2 Å². The van der Waals surface area contributed by atoms with Crippen LogP contribution < -0.4 is 5.32 Å². The zero-order valence-electron chi connectivity index (χ0n) is 21.8. The van der Waals surface area contributed by atoms with Crippen LogP contribution in [0.25, 0.3) is 0 Å². The van der Waals surface area contributed by atoms with Crippen LogP contribution in [0.3, 0.4) is 0 Å². The van der Waals surface area contributed by atoms with Crippen LogP contribution in [0, 0.1) is 6.92 Å². The lowest BCUT2D eigenvalue weighted by Crippen LogP contribution is -2.54. The molecule has 3 rings (SSSR count). The highest BCUT2D eigenvalue weighted by molar-refractivity contribution is 7.99. The van der Waals surface area contributed by atoms with Crippen molar-refractivity contribution in [2.24, 2.45) is 0 Å². The monoisotopic (exact) mass is 527 g/mol. The van der Waals surface area contributed by atoms with Gasteiger partial charge in [-0.25, -0.2) is 0 Å². The summed E-state index contributed by atoms with van der Waals surface area (Å²) in [4.78, 5) is 42.2. The van der Waals surface area contributed by atoms with E-state index in [0.29, 0.717) is 13.2 Å². The van der Waals surface area contributed by atoms with Crippen molar-refractivity contribution < 1.29 is 24.2 Å². The van der Waals surface area contributed by atoms with Gasteiger partial charge in [-0.1, -0.05) is 61.5 Å². The lowest BCUT2D eigenvalue weighted by molar-refractivity contribution is -0.146. The van der Waals surface area contributed by atoms with Gasteiger partial charge in [-0.05, 0) is 43.4 Å². The SMILES string of the molecule is CCCOCC(=O)N[C@@H](Cc1ccccc1)[C@H](O)C(=O)N1CSC(C)N(Cc2ccccc2C)C(=O)C1. The van der Waals surface area contributed by atoms with Crippen LogP contribution in [0.5, 0.6) is 0 Å². The quantitative estimate of drug-likeness (QED) is 0.436. The summed E-state index contributed by atoms with van der Waals surface area (Å²) >= 11 is 1.46. The third-order valence-electron chi connectivity index (χ3n) is 6.33. The number of carbonyl (C=O) groups is 3. The molecule has 1 aliphatic heterocycles. The minimum absolute atomic E-state index is 0.134. The Morgan fingerprint density at radius 3 is 2.57 bits per heavy atom.